The van der Waals surface area contributed by atoms with E-state index in [0.717, 1.165) is 17.7 Å². The van der Waals surface area contributed by atoms with E-state index in [-0.39, 0.29) is 5.91 Å². The van der Waals surface area contributed by atoms with Gasteiger partial charge < -0.3 is 10.4 Å². The number of hydrogen-bond acceptors (Lipinski definition) is 2. The van der Waals surface area contributed by atoms with Crippen molar-refractivity contribution in [3.05, 3.63) is 29.8 Å². The lowest BCUT2D eigenvalue weighted by molar-refractivity contribution is -0.130. The summed E-state index contributed by atoms with van der Waals surface area (Å²) in [6.07, 6.45) is 0.850. The summed E-state index contributed by atoms with van der Waals surface area (Å²) in [5.41, 5.74) is 0.489. The van der Waals surface area contributed by atoms with E-state index >= 15 is 0 Å². The predicted molar refractivity (Wildman–Crippen MR) is 60.7 cm³/mol. The van der Waals surface area contributed by atoms with Crippen LogP contribution in [0.2, 0.25) is 0 Å². The molecule has 1 aromatic rings. The number of aliphatic hydroxyl groups is 1. The molecule has 15 heavy (non-hydrogen) atoms. The molecule has 0 aliphatic carbocycles. The van der Waals surface area contributed by atoms with Gasteiger partial charge in [0.05, 0.1) is 0 Å². The fourth-order valence-electron chi connectivity index (χ4n) is 1.23. The summed E-state index contributed by atoms with van der Waals surface area (Å²) < 4.78 is 0. The fraction of sp³-hybridized carbons (Fsp3) is 0.417. The van der Waals surface area contributed by atoms with Crippen LogP contribution in [0.4, 0.5) is 5.69 Å². The molecule has 0 aromatic heterocycles. The van der Waals surface area contributed by atoms with Crippen LogP contribution in [-0.4, -0.2) is 16.6 Å². The van der Waals surface area contributed by atoms with E-state index in [9.17, 15) is 9.90 Å². The molecule has 1 aromatic carbocycles. The Labute approximate surface area is 90.1 Å². The summed E-state index contributed by atoms with van der Waals surface area (Å²) >= 11 is 0. The van der Waals surface area contributed by atoms with Crippen molar-refractivity contribution in [3.63, 3.8) is 0 Å². The van der Waals surface area contributed by atoms with Gasteiger partial charge in [-0.3, -0.25) is 4.79 Å². The van der Waals surface area contributed by atoms with E-state index in [4.69, 9.17) is 0 Å². The number of rotatable bonds is 3. The summed E-state index contributed by atoms with van der Waals surface area (Å²) in [4.78, 5) is 11.5. The van der Waals surface area contributed by atoms with Crippen molar-refractivity contribution < 1.29 is 9.90 Å². The van der Waals surface area contributed by atoms with Crippen LogP contribution in [0, 0.1) is 0 Å². The van der Waals surface area contributed by atoms with Crippen LogP contribution >= 0.6 is 0 Å². The van der Waals surface area contributed by atoms with E-state index in [1.54, 1.807) is 0 Å². The molecule has 0 aliphatic rings. The van der Waals surface area contributed by atoms with Crippen LogP contribution in [-0.2, 0) is 11.2 Å². The second kappa shape index (κ2) is 4.45. The first kappa shape index (κ1) is 11.7. The van der Waals surface area contributed by atoms with Crippen LogP contribution in [0.25, 0.3) is 0 Å². The van der Waals surface area contributed by atoms with Crippen molar-refractivity contribution in [1.29, 1.82) is 0 Å². The Balaban J connectivity index is 2.85. The van der Waals surface area contributed by atoms with Crippen LogP contribution < -0.4 is 5.32 Å². The number of anilines is 1. The van der Waals surface area contributed by atoms with Crippen LogP contribution in [0.5, 0.6) is 0 Å². The molecule has 0 radical (unpaired) electrons. The molecule has 1 rings (SSSR count). The van der Waals surface area contributed by atoms with Gasteiger partial charge in [0, 0.05) is 5.69 Å². The normalized spacial score (nSPS) is 11.2. The van der Waals surface area contributed by atoms with Crippen molar-refractivity contribution in [1.82, 2.24) is 0 Å². The maximum Gasteiger partial charge on any atom is 0.255 e. The van der Waals surface area contributed by atoms with Crippen molar-refractivity contribution in [2.45, 2.75) is 32.8 Å². The Morgan fingerprint density at radius 3 is 2.53 bits per heavy atom. The highest BCUT2D eigenvalue weighted by Crippen LogP contribution is 2.17. The monoisotopic (exact) mass is 207 g/mol. The Bertz CT molecular complexity index is 353. The number of nitrogens with one attached hydrogen (secondary N) is 1. The van der Waals surface area contributed by atoms with Gasteiger partial charge in [-0.1, -0.05) is 25.1 Å². The molecule has 3 heteroatoms. The first-order chi connectivity index (χ1) is 6.95. The lowest BCUT2D eigenvalue weighted by Gasteiger charge is -2.18. The Kier molecular flexibility index (Phi) is 3.48. The molecule has 2 N–H and O–H groups in total. The molecule has 3 nitrogen and oxygen atoms in total. The van der Waals surface area contributed by atoms with Gasteiger partial charge in [0.25, 0.3) is 5.91 Å². The number of carbonyl (C=O) groups excluding carboxylic acids is 1. The standard InChI is InChI=1S/C12H17NO2/c1-4-9-7-5-6-8-10(9)13-11(14)12(2,3)15/h5-8,15H,4H2,1-3H3,(H,13,14). The number of para-hydroxylation sites is 1. The highest BCUT2D eigenvalue weighted by molar-refractivity contribution is 5.97. The van der Waals surface area contributed by atoms with Crippen LogP contribution in [0.1, 0.15) is 26.3 Å². The van der Waals surface area contributed by atoms with Gasteiger partial charge in [-0.05, 0) is 31.9 Å². The first-order valence-electron chi connectivity index (χ1n) is 5.07. The van der Waals surface area contributed by atoms with Crippen LogP contribution in [0.15, 0.2) is 24.3 Å². The second-order valence-electron chi connectivity index (χ2n) is 4.02. The number of aryl methyl sites for hydroxylation is 1. The third kappa shape index (κ3) is 3.06. The Morgan fingerprint density at radius 1 is 1.40 bits per heavy atom. The summed E-state index contributed by atoms with van der Waals surface area (Å²) in [5.74, 6) is -0.386. The van der Waals surface area contributed by atoms with Gasteiger partial charge in [-0.2, -0.15) is 0 Å². The molecule has 0 bridgehead atoms. The molecule has 0 spiro atoms. The van der Waals surface area contributed by atoms with E-state index in [1.807, 2.05) is 31.2 Å². The summed E-state index contributed by atoms with van der Waals surface area (Å²) in [6.45, 7) is 4.96. The van der Waals surface area contributed by atoms with Gasteiger partial charge in [0.1, 0.15) is 5.60 Å². The molecule has 82 valence electrons. The predicted octanol–water partition coefficient (Wildman–Crippen LogP) is 1.96. The third-order valence-corrected chi connectivity index (χ3v) is 2.20. The van der Waals surface area contributed by atoms with Crippen molar-refractivity contribution in [3.8, 4) is 0 Å². The molecule has 0 fully saturated rings. The first-order valence-corrected chi connectivity index (χ1v) is 5.07. The zero-order valence-electron chi connectivity index (χ0n) is 9.37. The van der Waals surface area contributed by atoms with Gasteiger partial charge in [-0.25, -0.2) is 0 Å². The number of amides is 1. The quantitative estimate of drug-likeness (QED) is 0.796. The molecule has 0 atom stereocenters. The minimum absolute atomic E-state index is 0.386. The van der Waals surface area contributed by atoms with Crippen molar-refractivity contribution in [2.24, 2.45) is 0 Å². The molecule has 0 unspecified atom stereocenters. The lowest BCUT2D eigenvalue weighted by atomic mass is 10.1. The SMILES string of the molecule is CCc1ccccc1NC(=O)C(C)(C)O. The highest BCUT2D eigenvalue weighted by atomic mass is 16.3. The minimum Gasteiger partial charge on any atom is -0.381 e. The lowest BCUT2D eigenvalue weighted by Crippen LogP contribution is -2.36. The second-order valence-corrected chi connectivity index (χ2v) is 4.02. The third-order valence-electron chi connectivity index (χ3n) is 2.20. The largest absolute Gasteiger partial charge is 0.381 e. The smallest absolute Gasteiger partial charge is 0.255 e. The zero-order valence-corrected chi connectivity index (χ0v) is 9.37. The molecular weight excluding hydrogens is 190 g/mol. The summed E-state index contributed by atoms with van der Waals surface area (Å²) in [7, 11) is 0. The molecule has 1 amide bonds. The van der Waals surface area contributed by atoms with E-state index in [0.29, 0.717) is 0 Å². The summed E-state index contributed by atoms with van der Waals surface area (Å²) in [5, 5.41) is 12.2. The average molecular weight is 207 g/mol. The maximum absolute atomic E-state index is 11.5. The van der Waals surface area contributed by atoms with Crippen molar-refractivity contribution >= 4 is 11.6 Å². The van der Waals surface area contributed by atoms with Gasteiger partial charge in [0.15, 0.2) is 0 Å². The highest BCUT2D eigenvalue weighted by Gasteiger charge is 2.23. The summed E-state index contributed by atoms with van der Waals surface area (Å²) in [6, 6.07) is 7.58. The number of carbonyl (C=O) groups is 1. The topological polar surface area (TPSA) is 49.3 Å². The molecule has 0 aliphatic heterocycles. The molecule has 0 saturated carbocycles. The van der Waals surface area contributed by atoms with Gasteiger partial charge in [-0.15, -0.1) is 0 Å². The van der Waals surface area contributed by atoms with E-state index in [1.165, 1.54) is 13.8 Å². The Hall–Kier alpha value is -1.35. The number of hydrogen-bond donors (Lipinski definition) is 2. The van der Waals surface area contributed by atoms with Gasteiger partial charge >= 0.3 is 0 Å². The van der Waals surface area contributed by atoms with E-state index < -0.39 is 5.60 Å². The Morgan fingerprint density at radius 2 is 2.00 bits per heavy atom. The van der Waals surface area contributed by atoms with Crippen LogP contribution in [0.3, 0.4) is 0 Å². The average Bonchev–Trinajstić information content (AvgIpc) is 2.17. The zero-order chi connectivity index (χ0) is 11.5. The molecular formula is C12H17NO2. The fourth-order valence-corrected chi connectivity index (χ4v) is 1.23. The number of benzene rings is 1. The maximum atomic E-state index is 11.5. The molecule has 0 heterocycles. The van der Waals surface area contributed by atoms with Gasteiger partial charge in [0.2, 0.25) is 0 Å². The van der Waals surface area contributed by atoms with E-state index in [2.05, 4.69) is 5.32 Å². The molecule has 0 saturated heterocycles. The van der Waals surface area contributed by atoms with Crippen molar-refractivity contribution in [2.75, 3.05) is 5.32 Å². The minimum atomic E-state index is -1.35.